The summed E-state index contributed by atoms with van der Waals surface area (Å²) < 4.78 is 27.5. The molecule has 0 atom stereocenters. The fraction of sp³-hybridized carbons (Fsp3) is 1.00. The van der Waals surface area contributed by atoms with Crippen molar-refractivity contribution < 1.29 is 8.42 Å². The van der Waals surface area contributed by atoms with Gasteiger partial charge >= 0.3 is 0 Å². The molecule has 0 aliphatic carbocycles. The van der Waals surface area contributed by atoms with Gasteiger partial charge in [-0.05, 0) is 25.2 Å². The van der Waals surface area contributed by atoms with E-state index >= 15 is 0 Å². The molecule has 0 saturated carbocycles. The molecule has 0 amide bonds. The summed E-state index contributed by atoms with van der Waals surface area (Å²) >= 11 is 5.80. The second kappa shape index (κ2) is 6.92. The molecule has 0 bridgehead atoms. The Morgan fingerprint density at radius 2 is 1.94 bits per heavy atom. The normalized spacial score (nSPS) is 20.0. The lowest BCUT2D eigenvalue weighted by Gasteiger charge is -2.33. The van der Waals surface area contributed by atoms with E-state index in [0.29, 0.717) is 31.4 Å². The van der Waals surface area contributed by atoms with E-state index in [-0.39, 0.29) is 0 Å². The third-order valence-corrected chi connectivity index (χ3v) is 5.76. The van der Waals surface area contributed by atoms with Crippen LogP contribution in [0.3, 0.4) is 0 Å². The number of hydrogen-bond acceptors (Lipinski definition) is 2. The highest BCUT2D eigenvalue weighted by Gasteiger charge is 2.30. The van der Waals surface area contributed by atoms with Gasteiger partial charge in [-0.25, -0.2) is 0 Å². The van der Waals surface area contributed by atoms with Crippen molar-refractivity contribution in [1.82, 2.24) is 8.61 Å². The summed E-state index contributed by atoms with van der Waals surface area (Å²) in [5.41, 5.74) is 0. The topological polar surface area (TPSA) is 40.6 Å². The van der Waals surface area contributed by atoms with Crippen molar-refractivity contribution in [2.24, 2.45) is 5.92 Å². The van der Waals surface area contributed by atoms with Crippen molar-refractivity contribution >= 4 is 21.8 Å². The van der Waals surface area contributed by atoms with Gasteiger partial charge < -0.3 is 0 Å². The Morgan fingerprint density at radius 3 is 2.41 bits per heavy atom. The Bertz CT molecular complexity index is 313. The van der Waals surface area contributed by atoms with Gasteiger partial charge in [-0.1, -0.05) is 13.3 Å². The van der Waals surface area contributed by atoms with Crippen LogP contribution in [0.15, 0.2) is 0 Å². The molecule has 0 aromatic heterocycles. The van der Waals surface area contributed by atoms with Crippen LogP contribution < -0.4 is 0 Å². The van der Waals surface area contributed by atoms with Crippen molar-refractivity contribution in [3.8, 4) is 0 Å². The van der Waals surface area contributed by atoms with Crippen LogP contribution in [0.2, 0.25) is 0 Å². The van der Waals surface area contributed by atoms with Gasteiger partial charge in [-0.15, -0.1) is 11.6 Å². The van der Waals surface area contributed by atoms with Crippen molar-refractivity contribution in [1.29, 1.82) is 0 Å². The van der Waals surface area contributed by atoms with Crippen molar-refractivity contribution in [3.05, 3.63) is 0 Å². The highest BCUT2D eigenvalue weighted by molar-refractivity contribution is 7.86. The highest BCUT2D eigenvalue weighted by Crippen LogP contribution is 2.21. The molecule has 1 saturated heterocycles. The van der Waals surface area contributed by atoms with Crippen LogP contribution in [-0.2, 0) is 10.2 Å². The standard InChI is InChI=1S/C11H23ClN2O2S/c1-3-4-7-13(2)17(15,16)14-8-5-11(10-12)6-9-14/h11H,3-10H2,1-2H3. The zero-order valence-corrected chi connectivity index (χ0v) is 12.3. The van der Waals surface area contributed by atoms with E-state index in [2.05, 4.69) is 6.92 Å². The van der Waals surface area contributed by atoms with Crippen LogP contribution in [-0.4, -0.2) is 49.6 Å². The first-order valence-corrected chi connectivity index (χ1v) is 8.22. The first kappa shape index (κ1) is 15.2. The zero-order valence-electron chi connectivity index (χ0n) is 10.7. The van der Waals surface area contributed by atoms with E-state index in [1.807, 2.05) is 0 Å². The molecular formula is C11H23ClN2O2S. The average molecular weight is 283 g/mol. The molecule has 1 heterocycles. The number of halogens is 1. The summed E-state index contributed by atoms with van der Waals surface area (Å²) in [6.45, 7) is 3.88. The predicted molar refractivity (Wildman–Crippen MR) is 71.5 cm³/mol. The minimum atomic E-state index is -3.24. The van der Waals surface area contributed by atoms with Gasteiger partial charge in [0, 0.05) is 32.6 Å². The highest BCUT2D eigenvalue weighted by atomic mass is 35.5. The second-order valence-corrected chi connectivity index (χ2v) is 7.02. The molecule has 0 radical (unpaired) electrons. The van der Waals surface area contributed by atoms with E-state index in [0.717, 1.165) is 25.7 Å². The summed E-state index contributed by atoms with van der Waals surface area (Å²) in [5.74, 6) is 1.11. The first-order chi connectivity index (χ1) is 8.02. The van der Waals surface area contributed by atoms with Gasteiger partial charge in [-0.3, -0.25) is 0 Å². The molecule has 17 heavy (non-hydrogen) atoms. The minimum Gasteiger partial charge on any atom is -0.195 e. The SMILES string of the molecule is CCCCN(C)S(=O)(=O)N1CCC(CCl)CC1. The number of piperidine rings is 1. The number of hydrogen-bond donors (Lipinski definition) is 0. The molecule has 0 N–H and O–H groups in total. The Morgan fingerprint density at radius 1 is 1.35 bits per heavy atom. The van der Waals surface area contributed by atoms with Crippen molar-refractivity contribution in [2.45, 2.75) is 32.6 Å². The molecule has 0 aromatic rings. The molecule has 0 aromatic carbocycles. The molecule has 1 rings (SSSR count). The molecule has 1 aliphatic heterocycles. The minimum absolute atomic E-state index is 0.476. The third kappa shape index (κ3) is 4.09. The lowest BCUT2D eigenvalue weighted by molar-refractivity contribution is 0.271. The lowest BCUT2D eigenvalue weighted by atomic mass is 10.0. The summed E-state index contributed by atoms with van der Waals surface area (Å²) in [4.78, 5) is 0. The monoisotopic (exact) mass is 282 g/mol. The summed E-state index contributed by atoms with van der Waals surface area (Å²) in [6, 6.07) is 0. The van der Waals surface area contributed by atoms with Crippen LogP contribution in [0.1, 0.15) is 32.6 Å². The van der Waals surface area contributed by atoms with Crippen LogP contribution in [0.5, 0.6) is 0 Å². The molecule has 4 nitrogen and oxygen atoms in total. The maximum atomic E-state index is 12.2. The smallest absolute Gasteiger partial charge is 0.195 e. The summed E-state index contributed by atoms with van der Waals surface area (Å²) in [7, 11) is -1.58. The van der Waals surface area contributed by atoms with Gasteiger partial charge in [0.1, 0.15) is 0 Å². The van der Waals surface area contributed by atoms with Gasteiger partial charge in [0.25, 0.3) is 10.2 Å². The molecular weight excluding hydrogens is 260 g/mol. The quantitative estimate of drug-likeness (QED) is 0.699. The Labute approximate surface area is 110 Å². The molecule has 6 heteroatoms. The van der Waals surface area contributed by atoms with Crippen molar-refractivity contribution in [3.63, 3.8) is 0 Å². The van der Waals surface area contributed by atoms with Crippen LogP contribution in [0.4, 0.5) is 0 Å². The van der Waals surface area contributed by atoms with E-state index < -0.39 is 10.2 Å². The molecule has 1 aliphatic rings. The largest absolute Gasteiger partial charge is 0.281 e. The van der Waals surface area contributed by atoms with Gasteiger partial charge in [-0.2, -0.15) is 17.0 Å². The Kier molecular flexibility index (Phi) is 6.20. The van der Waals surface area contributed by atoms with Gasteiger partial charge in [0.05, 0.1) is 0 Å². The second-order valence-electron chi connectivity index (χ2n) is 4.68. The van der Waals surface area contributed by atoms with E-state index in [1.54, 1.807) is 11.4 Å². The third-order valence-electron chi connectivity index (χ3n) is 3.34. The molecule has 102 valence electrons. The number of rotatable bonds is 6. The fourth-order valence-electron chi connectivity index (χ4n) is 1.99. The molecule has 1 fully saturated rings. The average Bonchev–Trinajstić information content (AvgIpc) is 2.35. The first-order valence-electron chi connectivity index (χ1n) is 6.29. The van der Waals surface area contributed by atoms with Gasteiger partial charge in [0.15, 0.2) is 0 Å². The van der Waals surface area contributed by atoms with Gasteiger partial charge in [0.2, 0.25) is 0 Å². The maximum Gasteiger partial charge on any atom is 0.281 e. The lowest BCUT2D eigenvalue weighted by Crippen LogP contribution is -2.46. The number of alkyl halides is 1. The molecule has 0 spiro atoms. The van der Waals surface area contributed by atoms with Crippen LogP contribution in [0, 0.1) is 5.92 Å². The van der Waals surface area contributed by atoms with Crippen molar-refractivity contribution in [2.75, 3.05) is 32.6 Å². The fourth-order valence-corrected chi connectivity index (χ4v) is 3.72. The predicted octanol–water partition coefficient (Wildman–Crippen LogP) is 1.91. The van der Waals surface area contributed by atoms with Crippen LogP contribution >= 0.6 is 11.6 Å². The molecule has 0 unspecified atom stereocenters. The van der Waals surface area contributed by atoms with E-state index in [4.69, 9.17) is 11.6 Å². The number of unbranched alkanes of at least 4 members (excludes halogenated alkanes) is 1. The van der Waals surface area contributed by atoms with E-state index in [1.165, 1.54) is 4.31 Å². The van der Waals surface area contributed by atoms with Crippen LogP contribution in [0.25, 0.3) is 0 Å². The maximum absolute atomic E-state index is 12.2. The Balaban J connectivity index is 2.53. The number of nitrogens with zero attached hydrogens (tertiary/aromatic N) is 2. The Hall–Kier alpha value is 0.160. The summed E-state index contributed by atoms with van der Waals surface area (Å²) in [5, 5.41) is 0. The summed E-state index contributed by atoms with van der Waals surface area (Å²) in [6.07, 6.45) is 3.68. The van der Waals surface area contributed by atoms with E-state index in [9.17, 15) is 8.42 Å². The zero-order chi connectivity index (χ0) is 12.9.